The highest BCUT2D eigenvalue weighted by molar-refractivity contribution is 5.77. The summed E-state index contributed by atoms with van der Waals surface area (Å²) < 4.78 is 31.8. The smallest absolute Gasteiger partial charge is 0.275 e. The number of ether oxygens (including phenoxy) is 1. The SMILES string of the molecule is COc1ccc([C@H](NC(=O)C[NH2+][C@@H](C)c2ccc(F)c(F)c2)c2ccccc2)cc1. The number of nitrogens with two attached hydrogens (primary N) is 1. The average Bonchev–Trinajstić information content (AvgIpc) is 2.78. The predicted octanol–water partition coefficient (Wildman–Crippen LogP) is 3.50. The van der Waals surface area contributed by atoms with E-state index in [-0.39, 0.29) is 24.5 Å². The minimum absolute atomic E-state index is 0.152. The summed E-state index contributed by atoms with van der Waals surface area (Å²) in [5.74, 6) is -1.19. The van der Waals surface area contributed by atoms with Crippen molar-refractivity contribution < 1.29 is 23.6 Å². The first-order chi connectivity index (χ1) is 14.5. The molecule has 0 heterocycles. The van der Waals surface area contributed by atoms with Crippen molar-refractivity contribution in [2.75, 3.05) is 13.7 Å². The van der Waals surface area contributed by atoms with Crippen LogP contribution in [0.5, 0.6) is 5.75 Å². The lowest BCUT2D eigenvalue weighted by molar-refractivity contribution is -0.682. The Balaban J connectivity index is 1.69. The number of methoxy groups -OCH3 is 1. The van der Waals surface area contributed by atoms with Crippen molar-refractivity contribution in [1.29, 1.82) is 0 Å². The summed E-state index contributed by atoms with van der Waals surface area (Å²) in [4.78, 5) is 12.7. The molecule has 0 saturated carbocycles. The summed E-state index contributed by atoms with van der Waals surface area (Å²) in [6.45, 7) is 2.00. The molecule has 3 aromatic carbocycles. The van der Waals surface area contributed by atoms with Gasteiger partial charge in [-0.05, 0) is 48.4 Å². The second kappa shape index (κ2) is 9.98. The molecule has 0 aromatic heterocycles. The lowest BCUT2D eigenvalue weighted by Gasteiger charge is -2.20. The van der Waals surface area contributed by atoms with E-state index < -0.39 is 11.6 Å². The number of carbonyl (C=O) groups excluding carboxylic acids is 1. The number of carbonyl (C=O) groups is 1. The lowest BCUT2D eigenvalue weighted by Crippen LogP contribution is -2.87. The maximum Gasteiger partial charge on any atom is 0.275 e. The average molecular weight is 411 g/mol. The molecule has 6 heteroatoms. The zero-order valence-electron chi connectivity index (χ0n) is 16.9. The van der Waals surface area contributed by atoms with Gasteiger partial charge >= 0.3 is 0 Å². The van der Waals surface area contributed by atoms with Crippen LogP contribution in [0.25, 0.3) is 0 Å². The molecule has 0 aliphatic rings. The van der Waals surface area contributed by atoms with E-state index in [1.165, 1.54) is 12.1 Å². The van der Waals surface area contributed by atoms with E-state index in [1.807, 2.05) is 61.5 Å². The maximum absolute atomic E-state index is 13.5. The number of hydrogen-bond donors (Lipinski definition) is 2. The van der Waals surface area contributed by atoms with Crippen molar-refractivity contribution in [3.05, 3.63) is 101 Å². The monoisotopic (exact) mass is 411 g/mol. The molecule has 1 amide bonds. The van der Waals surface area contributed by atoms with Crippen LogP contribution in [0.3, 0.4) is 0 Å². The summed E-state index contributed by atoms with van der Waals surface area (Å²) in [6.07, 6.45) is 0. The molecule has 30 heavy (non-hydrogen) atoms. The van der Waals surface area contributed by atoms with Gasteiger partial charge in [-0.1, -0.05) is 42.5 Å². The van der Waals surface area contributed by atoms with Crippen molar-refractivity contribution in [2.45, 2.75) is 19.0 Å². The molecule has 0 aliphatic carbocycles. The fourth-order valence-electron chi connectivity index (χ4n) is 3.24. The van der Waals surface area contributed by atoms with Crippen LogP contribution < -0.4 is 15.4 Å². The van der Waals surface area contributed by atoms with Crippen LogP contribution in [0.1, 0.15) is 35.7 Å². The Labute approximate surface area is 174 Å². The van der Waals surface area contributed by atoms with E-state index in [1.54, 1.807) is 12.4 Å². The third-order valence-electron chi connectivity index (χ3n) is 5.01. The normalized spacial score (nSPS) is 12.8. The highest BCUT2D eigenvalue weighted by Gasteiger charge is 2.19. The van der Waals surface area contributed by atoms with Gasteiger partial charge in [-0.3, -0.25) is 4.79 Å². The predicted molar refractivity (Wildman–Crippen MR) is 111 cm³/mol. The number of quaternary nitrogens is 1. The van der Waals surface area contributed by atoms with Gasteiger partial charge in [0.1, 0.15) is 11.8 Å². The van der Waals surface area contributed by atoms with Crippen LogP contribution in [0.2, 0.25) is 0 Å². The van der Waals surface area contributed by atoms with Gasteiger partial charge in [0.15, 0.2) is 18.2 Å². The molecule has 4 nitrogen and oxygen atoms in total. The second-order valence-corrected chi connectivity index (χ2v) is 7.09. The first-order valence-corrected chi connectivity index (χ1v) is 9.74. The second-order valence-electron chi connectivity index (χ2n) is 7.09. The molecule has 2 atom stereocenters. The van der Waals surface area contributed by atoms with Crippen molar-refractivity contribution >= 4 is 5.91 Å². The van der Waals surface area contributed by atoms with Gasteiger partial charge in [0.25, 0.3) is 5.91 Å². The summed E-state index contributed by atoms with van der Waals surface area (Å²) in [5, 5.41) is 4.86. The first-order valence-electron chi connectivity index (χ1n) is 9.74. The van der Waals surface area contributed by atoms with Gasteiger partial charge in [-0.15, -0.1) is 0 Å². The summed E-state index contributed by atoms with van der Waals surface area (Å²) in [7, 11) is 1.61. The topological polar surface area (TPSA) is 54.9 Å². The number of amides is 1. The fraction of sp³-hybridized carbons (Fsp3) is 0.208. The highest BCUT2D eigenvalue weighted by atomic mass is 19.2. The summed E-state index contributed by atoms with van der Waals surface area (Å²) in [5.41, 5.74) is 2.52. The number of rotatable bonds is 8. The third-order valence-corrected chi connectivity index (χ3v) is 5.01. The number of benzene rings is 3. The minimum Gasteiger partial charge on any atom is -0.497 e. The molecule has 0 aliphatic heterocycles. The zero-order valence-corrected chi connectivity index (χ0v) is 16.9. The summed E-state index contributed by atoms with van der Waals surface area (Å²) in [6, 6.07) is 20.5. The largest absolute Gasteiger partial charge is 0.497 e. The Kier molecular flexibility index (Phi) is 7.14. The molecule has 3 rings (SSSR count). The van der Waals surface area contributed by atoms with Gasteiger partial charge in [0.05, 0.1) is 13.2 Å². The molecule has 0 unspecified atom stereocenters. The quantitative estimate of drug-likeness (QED) is 0.596. The molecular formula is C24H25F2N2O2+. The van der Waals surface area contributed by atoms with E-state index in [0.717, 1.165) is 22.9 Å². The third kappa shape index (κ3) is 5.42. The van der Waals surface area contributed by atoms with Gasteiger partial charge < -0.3 is 15.4 Å². The van der Waals surface area contributed by atoms with Crippen LogP contribution in [0.4, 0.5) is 8.78 Å². The van der Waals surface area contributed by atoms with Crippen molar-refractivity contribution in [3.63, 3.8) is 0 Å². The molecule has 0 fully saturated rings. The van der Waals surface area contributed by atoms with E-state index in [4.69, 9.17) is 4.74 Å². The van der Waals surface area contributed by atoms with Crippen molar-refractivity contribution in [1.82, 2.24) is 5.32 Å². The molecule has 0 radical (unpaired) electrons. The van der Waals surface area contributed by atoms with Crippen molar-refractivity contribution in [2.24, 2.45) is 0 Å². The number of halogens is 2. The van der Waals surface area contributed by atoms with Crippen molar-refractivity contribution in [3.8, 4) is 5.75 Å². The molecule has 156 valence electrons. The Morgan fingerprint density at radius 3 is 2.20 bits per heavy atom. The van der Waals surface area contributed by atoms with Gasteiger partial charge in [0, 0.05) is 5.56 Å². The summed E-state index contributed by atoms with van der Waals surface area (Å²) >= 11 is 0. The van der Waals surface area contributed by atoms with Crippen LogP contribution >= 0.6 is 0 Å². The van der Waals surface area contributed by atoms with E-state index in [9.17, 15) is 13.6 Å². The standard InChI is InChI=1S/C24H24F2N2O2/c1-16(19-10-13-21(25)22(26)14-19)27-15-23(29)28-24(17-6-4-3-5-7-17)18-8-11-20(30-2)12-9-18/h3-14,16,24,27H,15H2,1-2H3,(H,28,29)/p+1/t16-,24+/m0/s1. The molecule has 0 spiro atoms. The molecule has 0 saturated heterocycles. The Morgan fingerprint density at radius 1 is 0.933 bits per heavy atom. The Morgan fingerprint density at radius 2 is 1.57 bits per heavy atom. The van der Waals surface area contributed by atoms with Gasteiger partial charge in [0.2, 0.25) is 0 Å². The molecular weight excluding hydrogens is 386 g/mol. The van der Waals surface area contributed by atoms with Crippen LogP contribution in [0, 0.1) is 11.6 Å². The number of nitrogens with one attached hydrogen (secondary N) is 1. The minimum atomic E-state index is -0.888. The van der Waals surface area contributed by atoms with Gasteiger partial charge in [-0.2, -0.15) is 0 Å². The molecule has 3 aromatic rings. The highest BCUT2D eigenvalue weighted by Crippen LogP contribution is 2.24. The van der Waals surface area contributed by atoms with Gasteiger partial charge in [-0.25, -0.2) is 8.78 Å². The zero-order chi connectivity index (χ0) is 21.5. The molecule has 0 bridgehead atoms. The first kappa shape index (κ1) is 21.5. The fourth-order valence-corrected chi connectivity index (χ4v) is 3.24. The maximum atomic E-state index is 13.5. The van der Waals surface area contributed by atoms with Crippen LogP contribution in [0.15, 0.2) is 72.8 Å². The lowest BCUT2D eigenvalue weighted by atomic mass is 9.98. The Hall–Kier alpha value is -3.25. The van der Waals surface area contributed by atoms with Crippen LogP contribution in [-0.2, 0) is 4.79 Å². The van der Waals surface area contributed by atoms with Crippen LogP contribution in [-0.4, -0.2) is 19.6 Å². The van der Waals surface area contributed by atoms with E-state index in [2.05, 4.69) is 5.32 Å². The Bertz CT molecular complexity index is 978. The van der Waals surface area contributed by atoms with E-state index in [0.29, 0.717) is 5.56 Å². The van der Waals surface area contributed by atoms with E-state index >= 15 is 0 Å². The number of hydrogen-bond acceptors (Lipinski definition) is 2. The molecule has 3 N–H and O–H groups in total.